The van der Waals surface area contributed by atoms with Crippen molar-refractivity contribution in [1.29, 1.82) is 0 Å². The van der Waals surface area contributed by atoms with Gasteiger partial charge in [0.15, 0.2) is 0 Å². The Morgan fingerprint density at radius 3 is 2.17 bits per heavy atom. The zero-order chi connectivity index (χ0) is 17.3. The molecule has 0 aliphatic heterocycles. The van der Waals surface area contributed by atoms with Crippen LogP contribution in [-0.4, -0.2) is 11.8 Å². The Bertz CT molecular complexity index is 768. The molecular weight excluding hydrogens is 308 g/mol. The number of hydrogen-bond donors (Lipinski definition) is 2. The zero-order valence-electron chi connectivity index (χ0n) is 14.2. The predicted molar refractivity (Wildman–Crippen MR) is 95.3 cm³/mol. The molecule has 0 aliphatic carbocycles. The fourth-order valence-electron chi connectivity index (χ4n) is 2.83. The Morgan fingerprint density at radius 1 is 1.09 bits per heavy atom. The molecule has 0 saturated carbocycles. The molecule has 5 heteroatoms. The average molecular weight is 330 g/mol. The van der Waals surface area contributed by atoms with E-state index in [1.807, 2.05) is 34.6 Å². The Labute approximate surface area is 140 Å². The lowest BCUT2D eigenvalue weighted by Crippen LogP contribution is -2.19. The first kappa shape index (κ1) is 17.2. The molecule has 0 unspecified atom stereocenters. The molecule has 0 spiro atoms. The van der Waals surface area contributed by atoms with Crippen molar-refractivity contribution in [2.75, 3.05) is 5.32 Å². The van der Waals surface area contributed by atoms with E-state index in [1.54, 1.807) is 0 Å². The summed E-state index contributed by atoms with van der Waals surface area (Å²) >= 11 is 1.39. The van der Waals surface area contributed by atoms with Gasteiger partial charge in [0, 0.05) is 4.88 Å². The fraction of sp³-hybridized carbons (Fsp3) is 0.333. The molecule has 0 fully saturated rings. The molecule has 0 bridgehead atoms. The monoisotopic (exact) mass is 330 g/mol. The molecule has 1 aromatic carbocycles. The van der Waals surface area contributed by atoms with E-state index >= 15 is 0 Å². The highest BCUT2D eigenvalue weighted by atomic mass is 32.1. The van der Waals surface area contributed by atoms with Crippen LogP contribution in [0.1, 0.15) is 43.1 Å². The van der Waals surface area contributed by atoms with E-state index in [1.165, 1.54) is 16.9 Å². The molecule has 1 aromatic heterocycles. The van der Waals surface area contributed by atoms with Crippen LogP contribution >= 0.6 is 11.3 Å². The minimum Gasteiger partial charge on any atom is -0.365 e. The molecular formula is C18H22N2O2S. The number of hydrogen-bond acceptors (Lipinski definition) is 3. The van der Waals surface area contributed by atoms with Crippen LogP contribution < -0.4 is 11.1 Å². The molecule has 23 heavy (non-hydrogen) atoms. The predicted octanol–water partition coefficient (Wildman–Crippen LogP) is 3.57. The van der Waals surface area contributed by atoms with Crippen LogP contribution in [0.15, 0.2) is 12.1 Å². The number of carbonyl (C=O) groups is 2. The maximum Gasteiger partial charge on any atom is 0.251 e. The van der Waals surface area contributed by atoms with Gasteiger partial charge in [0.2, 0.25) is 5.91 Å². The third-order valence-corrected chi connectivity index (χ3v) is 5.19. The van der Waals surface area contributed by atoms with Crippen LogP contribution in [0.4, 0.5) is 5.00 Å². The second-order valence-electron chi connectivity index (χ2n) is 5.95. The largest absolute Gasteiger partial charge is 0.365 e. The third-order valence-electron chi connectivity index (χ3n) is 4.06. The van der Waals surface area contributed by atoms with Gasteiger partial charge in [0.25, 0.3) is 5.91 Å². The van der Waals surface area contributed by atoms with Crippen molar-refractivity contribution in [3.63, 3.8) is 0 Å². The van der Waals surface area contributed by atoms with Crippen molar-refractivity contribution in [2.45, 2.75) is 41.0 Å². The SMILES string of the molecule is Cc1cc(C)c(CC(=O)Nc2sc(C)c(C)c2C(N)=O)c(C)c1. The summed E-state index contributed by atoms with van der Waals surface area (Å²) in [6.07, 6.45) is 0.284. The van der Waals surface area contributed by atoms with Crippen molar-refractivity contribution in [3.8, 4) is 0 Å². The number of primary amides is 1. The average Bonchev–Trinajstić information content (AvgIpc) is 2.69. The molecule has 1 heterocycles. The summed E-state index contributed by atoms with van der Waals surface area (Å²) in [4.78, 5) is 25.0. The number of rotatable bonds is 4. The van der Waals surface area contributed by atoms with Gasteiger partial charge in [-0.25, -0.2) is 0 Å². The van der Waals surface area contributed by atoms with Crippen molar-refractivity contribution in [1.82, 2.24) is 0 Å². The number of carbonyl (C=O) groups excluding carboxylic acids is 2. The van der Waals surface area contributed by atoms with E-state index in [2.05, 4.69) is 17.4 Å². The minimum absolute atomic E-state index is 0.135. The van der Waals surface area contributed by atoms with Crippen molar-refractivity contribution in [2.24, 2.45) is 5.73 Å². The highest BCUT2D eigenvalue weighted by molar-refractivity contribution is 7.16. The van der Waals surface area contributed by atoms with Crippen LogP contribution in [0.3, 0.4) is 0 Å². The molecule has 0 aliphatic rings. The second-order valence-corrected chi connectivity index (χ2v) is 7.18. The van der Waals surface area contributed by atoms with Gasteiger partial charge in [-0.05, 0) is 56.9 Å². The lowest BCUT2D eigenvalue weighted by Gasteiger charge is -2.11. The Balaban J connectivity index is 2.25. The number of benzene rings is 1. The van der Waals surface area contributed by atoms with E-state index in [4.69, 9.17) is 5.73 Å². The van der Waals surface area contributed by atoms with E-state index in [-0.39, 0.29) is 12.3 Å². The van der Waals surface area contributed by atoms with Crippen LogP contribution in [0, 0.1) is 34.6 Å². The fourth-order valence-corrected chi connectivity index (χ4v) is 3.91. The molecule has 2 amide bonds. The van der Waals surface area contributed by atoms with Crippen LogP contribution in [0.2, 0.25) is 0 Å². The number of amides is 2. The van der Waals surface area contributed by atoms with Crippen LogP contribution in [-0.2, 0) is 11.2 Å². The smallest absolute Gasteiger partial charge is 0.251 e. The van der Waals surface area contributed by atoms with Gasteiger partial charge in [0.1, 0.15) is 5.00 Å². The molecule has 2 rings (SSSR count). The molecule has 122 valence electrons. The summed E-state index contributed by atoms with van der Waals surface area (Å²) in [5.74, 6) is -0.645. The summed E-state index contributed by atoms with van der Waals surface area (Å²) in [5, 5.41) is 3.39. The third kappa shape index (κ3) is 3.62. The summed E-state index contributed by atoms with van der Waals surface area (Å²) in [6.45, 7) is 9.82. The first-order chi connectivity index (χ1) is 10.7. The lowest BCUT2D eigenvalue weighted by molar-refractivity contribution is -0.115. The van der Waals surface area contributed by atoms with Gasteiger partial charge in [-0.1, -0.05) is 17.7 Å². The minimum atomic E-state index is -0.509. The molecule has 4 nitrogen and oxygen atoms in total. The number of nitrogens with one attached hydrogen (secondary N) is 1. The Morgan fingerprint density at radius 2 is 1.65 bits per heavy atom. The highest BCUT2D eigenvalue weighted by Crippen LogP contribution is 2.32. The van der Waals surface area contributed by atoms with Crippen molar-refractivity contribution < 1.29 is 9.59 Å². The quantitative estimate of drug-likeness (QED) is 0.899. The van der Waals surface area contributed by atoms with Crippen molar-refractivity contribution in [3.05, 3.63) is 50.4 Å². The van der Waals surface area contributed by atoms with Gasteiger partial charge in [-0.15, -0.1) is 11.3 Å². The van der Waals surface area contributed by atoms with E-state index in [0.717, 1.165) is 27.1 Å². The van der Waals surface area contributed by atoms with Crippen molar-refractivity contribution >= 4 is 28.2 Å². The first-order valence-corrected chi connectivity index (χ1v) is 8.28. The van der Waals surface area contributed by atoms with E-state index < -0.39 is 5.91 Å². The topological polar surface area (TPSA) is 72.2 Å². The van der Waals surface area contributed by atoms with Gasteiger partial charge < -0.3 is 11.1 Å². The van der Waals surface area contributed by atoms with Gasteiger partial charge in [-0.2, -0.15) is 0 Å². The summed E-state index contributed by atoms with van der Waals surface area (Å²) < 4.78 is 0. The molecule has 0 atom stereocenters. The summed E-state index contributed by atoms with van der Waals surface area (Å²) in [7, 11) is 0. The highest BCUT2D eigenvalue weighted by Gasteiger charge is 2.19. The first-order valence-electron chi connectivity index (χ1n) is 7.47. The zero-order valence-corrected chi connectivity index (χ0v) is 15.0. The number of thiophene rings is 1. The maximum atomic E-state index is 12.4. The Kier molecular flexibility index (Phi) is 4.90. The van der Waals surface area contributed by atoms with E-state index in [9.17, 15) is 9.59 Å². The molecule has 0 radical (unpaired) electrons. The van der Waals surface area contributed by atoms with E-state index in [0.29, 0.717) is 10.6 Å². The molecule has 2 aromatic rings. The Hall–Kier alpha value is -2.14. The normalized spacial score (nSPS) is 10.7. The number of anilines is 1. The van der Waals surface area contributed by atoms with Crippen LogP contribution in [0.25, 0.3) is 0 Å². The van der Waals surface area contributed by atoms with Crippen LogP contribution in [0.5, 0.6) is 0 Å². The lowest BCUT2D eigenvalue weighted by atomic mass is 9.97. The summed E-state index contributed by atoms with van der Waals surface area (Å²) in [6, 6.07) is 4.15. The maximum absolute atomic E-state index is 12.4. The number of nitrogens with two attached hydrogens (primary N) is 1. The van der Waals surface area contributed by atoms with Gasteiger partial charge in [0.05, 0.1) is 12.0 Å². The molecule has 3 N–H and O–H groups in total. The summed E-state index contributed by atoms with van der Waals surface area (Å²) in [5.41, 5.74) is 11.1. The van der Waals surface area contributed by atoms with Gasteiger partial charge >= 0.3 is 0 Å². The standard InChI is InChI=1S/C18H22N2O2S/c1-9-6-10(2)14(11(3)7-9)8-15(21)20-18-16(17(19)22)12(4)13(5)23-18/h6-7H,8H2,1-5H3,(H2,19,22)(H,20,21). The molecule has 0 saturated heterocycles. The van der Waals surface area contributed by atoms with Gasteiger partial charge in [-0.3, -0.25) is 9.59 Å². The number of aryl methyl sites for hydroxylation is 4. The second kappa shape index (κ2) is 6.54.